The van der Waals surface area contributed by atoms with E-state index in [-0.39, 0.29) is 0 Å². The Morgan fingerprint density at radius 2 is 1.71 bits per heavy atom. The van der Waals surface area contributed by atoms with Gasteiger partial charge >= 0.3 is 0 Å². The third kappa shape index (κ3) is 3.41. The third-order valence-electron chi connectivity index (χ3n) is 4.17. The summed E-state index contributed by atoms with van der Waals surface area (Å²) < 4.78 is 1.19. The molecule has 0 spiro atoms. The second-order valence-electron chi connectivity index (χ2n) is 5.68. The molecule has 2 nitrogen and oxygen atoms in total. The van der Waals surface area contributed by atoms with Gasteiger partial charge in [-0.3, -0.25) is 0 Å². The standard InChI is InChI=1S/C18H21BrN2/c1-14-6-5-9-17(18(14)19)20-15-10-12-21(13-11-15)16-7-3-2-4-8-16/h2-9,15,20H,10-13H2,1H3. The largest absolute Gasteiger partial charge is 0.381 e. The lowest BCUT2D eigenvalue weighted by Gasteiger charge is -2.34. The molecule has 110 valence electrons. The molecule has 0 amide bonds. The monoisotopic (exact) mass is 344 g/mol. The van der Waals surface area contributed by atoms with Crippen LogP contribution >= 0.6 is 15.9 Å². The van der Waals surface area contributed by atoms with Gasteiger partial charge < -0.3 is 10.2 Å². The summed E-state index contributed by atoms with van der Waals surface area (Å²) in [6.07, 6.45) is 2.35. The average molecular weight is 345 g/mol. The van der Waals surface area contributed by atoms with Gasteiger partial charge in [0, 0.05) is 35.0 Å². The van der Waals surface area contributed by atoms with Crippen LogP contribution in [0.2, 0.25) is 0 Å². The van der Waals surface area contributed by atoms with Crippen molar-refractivity contribution >= 4 is 27.3 Å². The molecular formula is C18H21BrN2. The van der Waals surface area contributed by atoms with E-state index in [0.717, 1.165) is 13.1 Å². The van der Waals surface area contributed by atoms with Crippen LogP contribution in [0.5, 0.6) is 0 Å². The number of nitrogens with one attached hydrogen (secondary N) is 1. The van der Waals surface area contributed by atoms with Crippen molar-refractivity contribution in [1.29, 1.82) is 0 Å². The van der Waals surface area contributed by atoms with Crippen LogP contribution in [0.15, 0.2) is 53.0 Å². The van der Waals surface area contributed by atoms with E-state index in [0.29, 0.717) is 6.04 Å². The minimum atomic E-state index is 0.558. The van der Waals surface area contributed by atoms with Crippen LogP contribution < -0.4 is 10.2 Å². The fourth-order valence-corrected chi connectivity index (χ4v) is 3.28. The molecule has 21 heavy (non-hydrogen) atoms. The van der Waals surface area contributed by atoms with Gasteiger partial charge in [-0.2, -0.15) is 0 Å². The lowest BCUT2D eigenvalue weighted by molar-refractivity contribution is 0.526. The van der Waals surface area contributed by atoms with Crippen molar-refractivity contribution in [3.05, 3.63) is 58.6 Å². The zero-order valence-electron chi connectivity index (χ0n) is 12.3. The number of piperidine rings is 1. The van der Waals surface area contributed by atoms with E-state index in [1.807, 2.05) is 0 Å². The number of aryl methyl sites for hydroxylation is 1. The quantitative estimate of drug-likeness (QED) is 0.856. The Hall–Kier alpha value is -1.48. The zero-order valence-corrected chi connectivity index (χ0v) is 13.9. The summed E-state index contributed by atoms with van der Waals surface area (Å²) in [5.41, 5.74) is 3.84. The number of hydrogen-bond donors (Lipinski definition) is 1. The van der Waals surface area contributed by atoms with Crippen LogP contribution in [0.1, 0.15) is 18.4 Å². The maximum atomic E-state index is 3.69. The van der Waals surface area contributed by atoms with Crippen LogP contribution in [0.25, 0.3) is 0 Å². The van der Waals surface area contributed by atoms with E-state index in [1.54, 1.807) is 0 Å². The van der Waals surface area contributed by atoms with Crippen molar-refractivity contribution in [2.75, 3.05) is 23.3 Å². The maximum Gasteiger partial charge on any atom is 0.0489 e. The van der Waals surface area contributed by atoms with Gasteiger partial charge in [0.2, 0.25) is 0 Å². The first-order valence-corrected chi connectivity index (χ1v) is 8.35. The number of anilines is 2. The van der Waals surface area contributed by atoms with Gasteiger partial charge in [-0.15, -0.1) is 0 Å². The number of halogens is 1. The molecule has 0 aromatic heterocycles. The second-order valence-corrected chi connectivity index (χ2v) is 6.47. The lowest BCUT2D eigenvalue weighted by atomic mass is 10.0. The van der Waals surface area contributed by atoms with E-state index in [1.165, 1.54) is 34.3 Å². The van der Waals surface area contributed by atoms with E-state index in [4.69, 9.17) is 0 Å². The molecule has 0 saturated carbocycles. The van der Waals surface area contributed by atoms with Crippen LogP contribution in [0, 0.1) is 6.92 Å². The Balaban J connectivity index is 1.60. The Labute approximate surface area is 135 Å². The van der Waals surface area contributed by atoms with E-state index in [9.17, 15) is 0 Å². The van der Waals surface area contributed by atoms with Crippen molar-refractivity contribution in [2.45, 2.75) is 25.8 Å². The Morgan fingerprint density at radius 1 is 1.00 bits per heavy atom. The molecule has 1 N–H and O–H groups in total. The molecule has 0 unspecified atom stereocenters. The highest BCUT2D eigenvalue weighted by atomic mass is 79.9. The van der Waals surface area contributed by atoms with Crippen molar-refractivity contribution in [3.8, 4) is 0 Å². The fourth-order valence-electron chi connectivity index (χ4n) is 2.90. The topological polar surface area (TPSA) is 15.3 Å². The summed E-state index contributed by atoms with van der Waals surface area (Å²) in [6.45, 7) is 4.36. The maximum absolute atomic E-state index is 3.69. The average Bonchev–Trinajstić information content (AvgIpc) is 2.53. The fraction of sp³-hybridized carbons (Fsp3) is 0.333. The minimum absolute atomic E-state index is 0.558. The summed E-state index contributed by atoms with van der Waals surface area (Å²) in [5.74, 6) is 0. The van der Waals surface area contributed by atoms with Crippen molar-refractivity contribution < 1.29 is 0 Å². The van der Waals surface area contributed by atoms with Crippen molar-refractivity contribution in [3.63, 3.8) is 0 Å². The van der Waals surface area contributed by atoms with Crippen LogP contribution in [0.4, 0.5) is 11.4 Å². The van der Waals surface area contributed by atoms with Gasteiger partial charge in [0.25, 0.3) is 0 Å². The number of rotatable bonds is 3. The summed E-state index contributed by atoms with van der Waals surface area (Å²) in [7, 11) is 0. The summed E-state index contributed by atoms with van der Waals surface area (Å²) in [5, 5.41) is 3.69. The molecule has 1 fully saturated rings. The molecule has 3 rings (SSSR count). The zero-order chi connectivity index (χ0) is 14.7. The molecule has 1 heterocycles. The van der Waals surface area contributed by atoms with E-state index >= 15 is 0 Å². The molecule has 1 aliphatic rings. The number of para-hydroxylation sites is 1. The molecule has 0 atom stereocenters. The first kappa shape index (κ1) is 14.5. The van der Waals surface area contributed by atoms with Crippen LogP contribution in [-0.2, 0) is 0 Å². The second kappa shape index (κ2) is 6.52. The molecule has 3 heteroatoms. The molecule has 1 aliphatic heterocycles. The Bertz CT molecular complexity index is 589. The summed E-state index contributed by atoms with van der Waals surface area (Å²) in [4.78, 5) is 2.48. The van der Waals surface area contributed by atoms with E-state index < -0.39 is 0 Å². The third-order valence-corrected chi connectivity index (χ3v) is 5.22. The molecule has 0 radical (unpaired) electrons. The minimum Gasteiger partial charge on any atom is -0.381 e. The highest BCUT2D eigenvalue weighted by molar-refractivity contribution is 9.10. The lowest BCUT2D eigenvalue weighted by Crippen LogP contribution is -2.39. The smallest absolute Gasteiger partial charge is 0.0489 e. The highest BCUT2D eigenvalue weighted by Crippen LogP contribution is 2.28. The number of benzene rings is 2. The van der Waals surface area contributed by atoms with Gasteiger partial charge in [-0.05, 0) is 59.5 Å². The first-order chi connectivity index (χ1) is 10.2. The van der Waals surface area contributed by atoms with Crippen molar-refractivity contribution in [1.82, 2.24) is 0 Å². The predicted molar refractivity (Wildman–Crippen MR) is 94.2 cm³/mol. The predicted octanol–water partition coefficient (Wildman–Crippen LogP) is 4.84. The molecule has 0 bridgehead atoms. The van der Waals surface area contributed by atoms with Gasteiger partial charge in [-0.25, -0.2) is 0 Å². The number of nitrogens with zero attached hydrogens (tertiary/aromatic N) is 1. The molecule has 0 aliphatic carbocycles. The van der Waals surface area contributed by atoms with Gasteiger partial charge in [0.15, 0.2) is 0 Å². The van der Waals surface area contributed by atoms with Gasteiger partial charge in [0.05, 0.1) is 0 Å². The summed E-state index contributed by atoms with van der Waals surface area (Å²) >= 11 is 3.68. The molecule has 2 aromatic rings. The van der Waals surface area contributed by atoms with E-state index in [2.05, 4.69) is 81.6 Å². The molecule has 1 saturated heterocycles. The molecule has 2 aromatic carbocycles. The van der Waals surface area contributed by atoms with Gasteiger partial charge in [0.1, 0.15) is 0 Å². The summed E-state index contributed by atoms with van der Waals surface area (Å²) in [6, 6.07) is 17.7. The first-order valence-electron chi connectivity index (χ1n) is 7.55. The molecular weight excluding hydrogens is 324 g/mol. The Kier molecular flexibility index (Phi) is 4.49. The normalized spacial score (nSPS) is 16.0. The Morgan fingerprint density at radius 3 is 2.43 bits per heavy atom. The van der Waals surface area contributed by atoms with Crippen LogP contribution in [-0.4, -0.2) is 19.1 Å². The number of hydrogen-bond acceptors (Lipinski definition) is 2. The van der Waals surface area contributed by atoms with Crippen molar-refractivity contribution in [2.24, 2.45) is 0 Å². The van der Waals surface area contributed by atoms with Crippen LogP contribution in [0.3, 0.4) is 0 Å². The SMILES string of the molecule is Cc1cccc(NC2CCN(c3ccccc3)CC2)c1Br. The highest BCUT2D eigenvalue weighted by Gasteiger charge is 2.19. The van der Waals surface area contributed by atoms with Gasteiger partial charge in [-0.1, -0.05) is 30.3 Å².